The molecule has 0 spiro atoms. The molecule has 0 amide bonds. The molecule has 0 N–H and O–H groups in total. The van der Waals surface area contributed by atoms with Crippen molar-refractivity contribution in [2.75, 3.05) is 14.2 Å². The lowest BCUT2D eigenvalue weighted by molar-refractivity contribution is 0.405. The molecular weight excluding hydrogens is 500 g/mol. The number of hydrogen-bond acceptors (Lipinski definition) is 4. The van der Waals surface area contributed by atoms with E-state index >= 15 is 0 Å². The van der Waals surface area contributed by atoms with E-state index in [9.17, 15) is 0 Å². The third-order valence-corrected chi connectivity index (χ3v) is 7.80. The van der Waals surface area contributed by atoms with Gasteiger partial charge in [0.15, 0.2) is 5.17 Å². The van der Waals surface area contributed by atoms with Crippen molar-refractivity contribution in [1.82, 2.24) is 4.90 Å². The molecule has 0 aliphatic carbocycles. The maximum atomic E-state index is 5.43. The molecule has 0 radical (unpaired) electrons. The number of thioether (sulfide) groups is 1. The van der Waals surface area contributed by atoms with Crippen molar-refractivity contribution in [2.45, 2.75) is 45.5 Å². The number of aryl methyl sites for hydroxylation is 2. The van der Waals surface area contributed by atoms with E-state index in [0.29, 0.717) is 0 Å². The molecule has 39 heavy (non-hydrogen) atoms. The number of ether oxygens (including phenoxy) is 2. The molecule has 4 nitrogen and oxygen atoms in total. The fourth-order valence-corrected chi connectivity index (χ4v) is 5.42. The SMILES string of the molecule is CCc1cccc(CC)c1N=C(SCc1ccccc1)N(Cc1ccc(OC)cc1)Cc1ccc(OC)cc1. The highest BCUT2D eigenvalue weighted by atomic mass is 32.2. The predicted molar refractivity (Wildman–Crippen MR) is 165 cm³/mol. The van der Waals surface area contributed by atoms with Crippen LogP contribution in [0.4, 0.5) is 5.69 Å². The monoisotopic (exact) mass is 538 g/mol. The summed E-state index contributed by atoms with van der Waals surface area (Å²) < 4.78 is 10.8. The maximum Gasteiger partial charge on any atom is 0.165 e. The van der Waals surface area contributed by atoms with E-state index in [1.807, 2.05) is 24.3 Å². The molecule has 5 heteroatoms. The van der Waals surface area contributed by atoms with Crippen molar-refractivity contribution < 1.29 is 9.47 Å². The fraction of sp³-hybridized carbons (Fsp3) is 0.265. The topological polar surface area (TPSA) is 34.1 Å². The van der Waals surface area contributed by atoms with Gasteiger partial charge in [0, 0.05) is 18.8 Å². The Hall–Kier alpha value is -3.70. The van der Waals surface area contributed by atoms with Crippen LogP contribution in [-0.2, 0) is 31.7 Å². The van der Waals surface area contributed by atoms with E-state index in [4.69, 9.17) is 14.5 Å². The van der Waals surface area contributed by atoms with Gasteiger partial charge >= 0.3 is 0 Å². The molecule has 0 saturated heterocycles. The van der Waals surface area contributed by atoms with E-state index in [-0.39, 0.29) is 0 Å². The first kappa shape index (κ1) is 28.3. The summed E-state index contributed by atoms with van der Waals surface area (Å²) in [5.41, 5.74) is 7.35. The van der Waals surface area contributed by atoms with Crippen LogP contribution in [0.5, 0.6) is 11.5 Å². The molecular formula is C34H38N2O2S. The maximum absolute atomic E-state index is 5.43. The summed E-state index contributed by atoms with van der Waals surface area (Å²) in [7, 11) is 3.40. The van der Waals surface area contributed by atoms with Crippen molar-refractivity contribution in [3.63, 3.8) is 0 Å². The summed E-state index contributed by atoms with van der Waals surface area (Å²) in [4.78, 5) is 7.82. The molecule has 0 aliphatic heterocycles. The van der Waals surface area contributed by atoms with Crippen LogP contribution in [0.1, 0.15) is 41.7 Å². The third kappa shape index (κ3) is 7.90. The van der Waals surface area contributed by atoms with Gasteiger partial charge in [-0.3, -0.25) is 0 Å². The Labute approximate surface area is 237 Å². The summed E-state index contributed by atoms with van der Waals surface area (Å²) in [6, 6.07) is 33.8. The molecule has 0 atom stereocenters. The second-order valence-electron chi connectivity index (χ2n) is 9.35. The first-order valence-corrected chi connectivity index (χ1v) is 14.5. The average Bonchev–Trinajstić information content (AvgIpc) is 3.00. The fourth-order valence-electron chi connectivity index (χ4n) is 4.46. The molecule has 0 bridgehead atoms. The van der Waals surface area contributed by atoms with Gasteiger partial charge in [-0.2, -0.15) is 0 Å². The van der Waals surface area contributed by atoms with Crippen LogP contribution in [0.3, 0.4) is 0 Å². The van der Waals surface area contributed by atoms with Crippen molar-refractivity contribution in [3.05, 3.63) is 125 Å². The Morgan fingerprint density at radius 3 is 1.62 bits per heavy atom. The minimum Gasteiger partial charge on any atom is -0.497 e. The number of benzene rings is 4. The lowest BCUT2D eigenvalue weighted by atomic mass is 10.0. The Morgan fingerprint density at radius 1 is 0.641 bits per heavy atom. The minimum absolute atomic E-state index is 0.729. The second kappa shape index (κ2) is 14.5. The molecule has 4 rings (SSSR count). The molecule has 0 unspecified atom stereocenters. The van der Waals surface area contributed by atoms with Crippen molar-refractivity contribution in [2.24, 2.45) is 4.99 Å². The van der Waals surface area contributed by atoms with Crippen molar-refractivity contribution in [1.29, 1.82) is 0 Å². The number of methoxy groups -OCH3 is 2. The Balaban J connectivity index is 1.77. The molecule has 0 fully saturated rings. The smallest absolute Gasteiger partial charge is 0.165 e. The zero-order chi connectivity index (χ0) is 27.5. The average molecular weight is 539 g/mol. The molecule has 0 heterocycles. The van der Waals surface area contributed by atoms with E-state index in [1.165, 1.54) is 27.8 Å². The van der Waals surface area contributed by atoms with E-state index in [1.54, 1.807) is 26.0 Å². The highest BCUT2D eigenvalue weighted by Gasteiger charge is 2.17. The van der Waals surface area contributed by atoms with Gasteiger partial charge in [-0.15, -0.1) is 0 Å². The van der Waals surface area contributed by atoms with Gasteiger partial charge in [0.1, 0.15) is 11.5 Å². The molecule has 0 aliphatic rings. The number of aliphatic imine (C=N–C) groups is 1. The van der Waals surface area contributed by atoms with Crippen LogP contribution in [0.15, 0.2) is 102 Å². The van der Waals surface area contributed by atoms with Gasteiger partial charge < -0.3 is 14.4 Å². The number of nitrogens with zero attached hydrogens (tertiary/aromatic N) is 2. The number of rotatable bonds is 11. The zero-order valence-corrected chi connectivity index (χ0v) is 24.2. The summed E-state index contributed by atoms with van der Waals surface area (Å²) >= 11 is 1.80. The lowest BCUT2D eigenvalue weighted by Crippen LogP contribution is -2.28. The number of hydrogen-bond donors (Lipinski definition) is 0. The molecule has 0 aromatic heterocycles. The predicted octanol–water partition coefficient (Wildman–Crippen LogP) is 8.45. The van der Waals surface area contributed by atoms with Gasteiger partial charge in [0.05, 0.1) is 19.9 Å². The van der Waals surface area contributed by atoms with Crippen LogP contribution in [0.25, 0.3) is 0 Å². The van der Waals surface area contributed by atoms with Gasteiger partial charge in [0.25, 0.3) is 0 Å². The molecule has 4 aromatic rings. The van der Waals surface area contributed by atoms with Gasteiger partial charge in [-0.1, -0.05) is 98.4 Å². The number of amidine groups is 1. The normalized spacial score (nSPS) is 11.3. The van der Waals surface area contributed by atoms with Gasteiger partial charge in [0.2, 0.25) is 0 Å². The second-order valence-corrected chi connectivity index (χ2v) is 10.3. The van der Waals surface area contributed by atoms with E-state index in [0.717, 1.165) is 54.0 Å². The Kier molecular flexibility index (Phi) is 10.5. The van der Waals surface area contributed by atoms with Gasteiger partial charge in [-0.05, 0) is 64.9 Å². The summed E-state index contributed by atoms with van der Waals surface area (Å²) in [5.74, 6) is 2.56. The van der Waals surface area contributed by atoms with Crippen LogP contribution in [0.2, 0.25) is 0 Å². The summed E-state index contributed by atoms with van der Waals surface area (Å²) in [6.07, 6.45) is 1.89. The van der Waals surface area contributed by atoms with E-state index < -0.39 is 0 Å². The van der Waals surface area contributed by atoms with Crippen LogP contribution < -0.4 is 9.47 Å². The minimum atomic E-state index is 0.729. The summed E-state index contributed by atoms with van der Waals surface area (Å²) in [5, 5.41) is 1.01. The lowest BCUT2D eigenvalue weighted by Gasteiger charge is -2.27. The van der Waals surface area contributed by atoms with Gasteiger partial charge in [-0.25, -0.2) is 4.99 Å². The zero-order valence-electron chi connectivity index (χ0n) is 23.4. The Bertz CT molecular complexity index is 1260. The first-order chi connectivity index (χ1) is 19.1. The van der Waals surface area contributed by atoms with Crippen LogP contribution >= 0.6 is 11.8 Å². The molecule has 202 valence electrons. The molecule has 0 saturated carbocycles. The molecule has 4 aromatic carbocycles. The highest BCUT2D eigenvalue weighted by molar-refractivity contribution is 8.13. The quantitative estimate of drug-likeness (QED) is 0.142. The number of para-hydroxylation sites is 1. The Morgan fingerprint density at radius 2 is 1.15 bits per heavy atom. The van der Waals surface area contributed by atoms with Crippen LogP contribution in [0, 0.1) is 0 Å². The summed E-state index contributed by atoms with van der Waals surface area (Å²) in [6.45, 7) is 5.87. The standard InChI is InChI=1S/C34H38N2O2S/c1-5-29-13-10-14-30(6-2)33(29)35-34(39-25-28-11-8-7-9-12-28)36(23-26-15-19-31(37-3)20-16-26)24-27-17-21-32(38-4)22-18-27/h7-22H,5-6,23-25H2,1-4H3. The van der Waals surface area contributed by atoms with Crippen molar-refractivity contribution in [3.8, 4) is 11.5 Å². The van der Waals surface area contributed by atoms with Crippen LogP contribution in [-0.4, -0.2) is 24.3 Å². The first-order valence-electron chi connectivity index (χ1n) is 13.5. The highest BCUT2D eigenvalue weighted by Crippen LogP contribution is 2.30. The van der Waals surface area contributed by atoms with E-state index in [2.05, 4.69) is 91.5 Å². The largest absolute Gasteiger partial charge is 0.497 e. The van der Waals surface area contributed by atoms with Crippen molar-refractivity contribution >= 4 is 22.6 Å². The third-order valence-electron chi connectivity index (χ3n) is 6.72.